The minimum atomic E-state index is -1.10. The second kappa shape index (κ2) is 7.54. The van der Waals surface area contributed by atoms with Gasteiger partial charge in [0.2, 0.25) is 0 Å². The highest BCUT2D eigenvalue weighted by molar-refractivity contribution is 5.80. The van der Waals surface area contributed by atoms with E-state index in [0.29, 0.717) is 25.6 Å². The average Bonchev–Trinajstić information content (AvgIpc) is 3.01. The van der Waals surface area contributed by atoms with Gasteiger partial charge in [0.15, 0.2) is 0 Å². The van der Waals surface area contributed by atoms with Crippen molar-refractivity contribution in [3.05, 3.63) is 35.9 Å². The Hall–Kier alpha value is -1.43. The standard InChI is InChI=1S/C16H23NO4/c1-17-16(15(18)19,14-5-3-2-4-6-14)8-10-21-12-13-7-9-20-11-13/h2-6,13,17H,7-12H2,1H3,(H,18,19). The fraction of sp³-hybridized carbons (Fsp3) is 0.562. The monoisotopic (exact) mass is 293 g/mol. The molecule has 1 heterocycles. The lowest BCUT2D eigenvalue weighted by Gasteiger charge is -2.29. The van der Waals surface area contributed by atoms with Crippen molar-refractivity contribution in [2.24, 2.45) is 5.92 Å². The number of nitrogens with one attached hydrogen (secondary N) is 1. The molecule has 2 unspecified atom stereocenters. The number of aliphatic carboxylic acids is 1. The molecule has 1 aromatic rings. The molecule has 1 aromatic carbocycles. The van der Waals surface area contributed by atoms with Gasteiger partial charge in [-0.1, -0.05) is 30.3 Å². The molecule has 116 valence electrons. The van der Waals surface area contributed by atoms with E-state index in [1.807, 2.05) is 30.3 Å². The van der Waals surface area contributed by atoms with Crippen LogP contribution < -0.4 is 5.32 Å². The molecular formula is C16H23NO4. The van der Waals surface area contributed by atoms with E-state index in [0.717, 1.165) is 25.2 Å². The fourth-order valence-electron chi connectivity index (χ4n) is 2.66. The minimum Gasteiger partial charge on any atom is -0.480 e. The van der Waals surface area contributed by atoms with Crippen molar-refractivity contribution < 1.29 is 19.4 Å². The predicted octanol–water partition coefficient (Wildman–Crippen LogP) is 1.63. The zero-order valence-electron chi connectivity index (χ0n) is 12.4. The number of hydrogen-bond acceptors (Lipinski definition) is 4. The second-order valence-electron chi connectivity index (χ2n) is 5.38. The summed E-state index contributed by atoms with van der Waals surface area (Å²) in [5, 5.41) is 12.6. The van der Waals surface area contributed by atoms with Gasteiger partial charge in [-0.2, -0.15) is 0 Å². The normalized spacial score (nSPS) is 21.1. The van der Waals surface area contributed by atoms with E-state index in [1.54, 1.807) is 7.05 Å². The van der Waals surface area contributed by atoms with Crippen LogP contribution in [0.1, 0.15) is 18.4 Å². The van der Waals surface area contributed by atoms with Crippen LogP contribution in [0, 0.1) is 5.92 Å². The molecule has 2 atom stereocenters. The third kappa shape index (κ3) is 3.81. The van der Waals surface area contributed by atoms with Crippen LogP contribution >= 0.6 is 0 Å². The highest BCUT2D eigenvalue weighted by Crippen LogP contribution is 2.25. The van der Waals surface area contributed by atoms with E-state index in [9.17, 15) is 9.90 Å². The zero-order chi connectivity index (χ0) is 15.1. The Morgan fingerprint density at radius 3 is 2.81 bits per heavy atom. The van der Waals surface area contributed by atoms with Gasteiger partial charge >= 0.3 is 5.97 Å². The summed E-state index contributed by atoms with van der Waals surface area (Å²) in [5.74, 6) is -0.445. The van der Waals surface area contributed by atoms with Crippen molar-refractivity contribution in [2.45, 2.75) is 18.4 Å². The summed E-state index contributed by atoms with van der Waals surface area (Å²) in [6.45, 7) is 2.58. The number of carboxylic acid groups (broad SMARTS) is 1. The molecule has 0 bridgehead atoms. The first-order chi connectivity index (χ1) is 10.2. The first-order valence-corrected chi connectivity index (χ1v) is 7.32. The maximum atomic E-state index is 11.8. The molecule has 2 N–H and O–H groups in total. The van der Waals surface area contributed by atoms with E-state index < -0.39 is 11.5 Å². The molecule has 21 heavy (non-hydrogen) atoms. The fourth-order valence-corrected chi connectivity index (χ4v) is 2.66. The van der Waals surface area contributed by atoms with Gasteiger partial charge in [-0.15, -0.1) is 0 Å². The number of likely N-dealkylation sites (N-methyl/N-ethyl adjacent to an activating group) is 1. The summed E-state index contributed by atoms with van der Waals surface area (Å²) >= 11 is 0. The van der Waals surface area contributed by atoms with E-state index >= 15 is 0 Å². The van der Waals surface area contributed by atoms with E-state index in [-0.39, 0.29) is 0 Å². The van der Waals surface area contributed by atoms with Gasteiger partial charge in [0.1, 0.15) is 5.54 Å². The molecule has 2 rings (SSSR count). The molecule has 0 aromatic heterocycles. The van der Waals surface area contributed by atoms with Crippen LogP contribution in [0.5, 0.6) is 0 Å². The molecular weight excluding hydrogens is 270 g/mol. The Labute approximate surface area is 125 Å². The van der Waals surface area contributed by atoms with Gasteiger partial charge < -0.3 is 19.9 Å². The van der Waals surface area contributed by atoms with Crippen molar-refractivity contribution in [2.75, 3.05) is 33.5 Å². The van der Waals surface area contributed by atoms with E-state index in [1.165, 1.54) is 0 Å². The number of carboxylic acids is 1. The van der Waals surface area contributed by atoms with Crippen LogP contribution in [0.4, 0.5) is 0 Å². The molecule has 0 radical (unpaired) electrons. The summed E-state index contributed by atoms with van der Waals surface area (Å²) in [4.78, 5) is 11.8. The number of benzene rings is 1. The number of rotatable bonds is 8. The molecule has 0 saturated carbocycles. The topological polar surface area (TPSA) is 67.8 Å². The summed E-state index contributed by atoms with van der Waals surface area (Å²) in [6.07, 6.45) is 1.41. The number of ether oxygens (including phenoxy) is 2. The molecule has 1 aliphatic rings. The Morgan fingerprint density at radius 2 is 2.24 bits per heavy atom. The third-order valence-corrected chi connectivity index (χ3v) is 4.06. The largest absolute Gasteiger partial charge is 0.480 e. The Kier molecular flexibility index (Phi) is 5.73. The van der Waals surface area contributed by atoms with Gasteiger partial charge in [-0.25, -0.2) is 4.79 Å². The summed E-state index contributed by atoms with van der Waals surface area (Å²) in [5.41, 5.74) is -0.360. The van der Waals surface area contributed by atoms with Crippen molar-refractivity contribution in [3.63, 3.8) is 0 Å². The third-order valence-electron chi connectivity index (χ3n) is 4.06. The van der Waals surface area contributed by atoms with Gasteiger partial charge in [-0.3, -0.25) is 0 Å². The molecule has 5 nitrogen and oxygen atoms in total. The minimum absolute atomic E-state index is 0.385. The molecule has 0 amide bonds. The van der Waals surface area contributed by atoms with E-state index in [2.05, 4.69) is 5.32 Å². The molecule has 1 aliphatic heterocycles. The smallest absolute Gasteiger partial charge is 0.328 e. The van der Waals surface area contributed by atoms with Crippen LogP contribution in [0.25, 0.3) is 0 Å². The highest BCUT2D eigenvalue weighted by atomic mass is 16.5. The molecule has 0 aliphatic carbocycles. The lowest BCUT2D eigenvalue weighted by Crippen LogP contribution is -2.48. The molecule has 0 spiro atoms. The van der Waals surface area contributed by atoms with Gasteiger partial charge in [0.25, 0.3) is 0 Å². The van der Waals surface area contributed by atoms with Crippen molar-refractivity contribution in [3.8, 4) is 0 Å². The van der Waals surface area contributed by atoms with E-state index in [4.69, 9.17) is 9.47 Å². The van der Waals surface area contributed by atoms with Crippen molar-refractivity contribution in [1.29, 1.82) is 0 Å². The van der Waals surface area contributed by atoms with Crippen molar-refractivity contribution >= 4 is 5.97 Å². The van der Waals surface area contributed by atoms with Crippen LogP contribution in [0.3, 0.4) is 0 Å². The van der Waals surface area contributed by atoms with Crippen LogP contribution in [-0.2, 0) is 19.8 Å². The summed E-state index contributed by atoms with van der Waals surface area (Å²) in [6, 6.07) is 9.23. The predicted molar refractivity (Wildman–Crippen MR) is 79.2 cm³/mol. The second-order valence-corrected chi connectivity index (χ2v) is 5.38. The Balaban J connectivity index is 1.95. The SMILES string of the molecule is CNC(CCOCC1CCOC1)(C(=O)O)c1ccccc1. The first-order valence-electron chi connectivity index (χ1n) is 7.32. The van der Waals surface area contributed by atoms with Gasteiger partial charge in [0, 0.05) is 25.6 Å². The lowest BCUT2D eigenvalue weighted by atomic mass is 9.87. The molecule has 1 fully saturated rings. The average molecular weight is 293 g/mol. The van der Waals surface area contributed by atoms with Gasteiger partial charge in [0.05, 0.1) is 13.2 Å². The molecule has 1 saturated heterocycles. The first kappa shape index (κ1) is 15.9. The number of hydrogen-bond donors (Lipinski definition) is 2. The summed E-state index contributed by atoms with van der Waals surface area (Å²) in [7, 11) is 1.67. The summed E-state index contributed by atoms with van der Waals surface area (Å²) < 4.78 is 11.0. The number of carbonyl (C=O) groups is 1. The zero-order valence-corrected chi connectivity index (χ0v) is 12.4. The Bertz CT molecular complexity index is 445. The van der Waals surface area contributed by atoms with Crippen molar-refractivity contribution in [1.82, 2.24) is 5.32 Å². The maximum Gasteiger partial charge on any atom is 0.328 e. The highest BCUT2D eigenvalue weighted by Gasteiger charge is 2.38. The maximum absolute atomic E-state index is 11.8. The Morgan fingerprint density at radius 1 is 1.48 bits per heavy atom. The lowest BCUT2D eigenvalue weighted by molar-refractivity contribution is -0.146. The van der Waals surface area contributed by atoms with Crippen LogP contribution in [0.15, 0.2) is 30.3 Å². The van der Waals surface area contributed by atoms with Crippen LogP contribution in [-0.4, -0.2) is 44.6 Å². The van der Waals surface area contributed by atoms with Crippen LogP contribution in [0.2, 0.25) is 0 Å². The molecule has 5 heteroatoms. The van der Waals surface area contributed by atoms with Gasteiger partial charge in [-0.05, 0) is 19.0 Å². The quantitative estimate of drug-likeness (QED) is 0.713.